The van der Waals surface area contributed by atoms with Crippen LogP contribution in [0.3, 0.4) is 0 Å². The summed E-state index contributed by atoms with van der Waals surface area (Å²) in [5.41, 5.74) is 5.47. The Morgan fingerprint density at radius 1 is 1.57 bits per heavy atom. The van der Waals surface area contributed by atoms with E-state index in [-0.39, 0.29) is 17.6 Å². The monoisotopic (exact) mass is 198 g/mol. The molecule has 4 nitrogen and oxygen atoms in total. The molecule has 2 fully saturated rings. The molecule has 0 bridgehead atoms. The topological polar surface area (TPSA) is 55.6 Å². The Morgan fingerprint density at radius 2 is 2.21 bits per heavy atom. The fourth-order valence-electron chi connectivity index (χ4n) is 2.46. The van der Waals surface area contributed by atoms with Gasteiger partial charge in [0, 0.05) is 20.2 Å². The number of hydrogen-bond acceptors (Lipinski definition) is 3. The Hall–Kier alpha value is -0.610. The van der Waals surface area contributed by atoms with Crippen LogP contribution < -0.4 is 5.73 Å². The predicted octanol–water partition coefficient (Wildman–Crippen LogP) is 0.115. The molecule has 2 N–H and O–H groups in total. The van der Waals surface area contributed by atoms with Gasteiger partial charge in [0.25, 0.3) is 0 Å². The van der Waals surface area contributed by atoms with E-state index in [1.54, 1.807) is 7.11 Å². The summed E-state index contributed by atoms with van der Waals surface area (Å²) in [6.07, 6.45) is 4.56. The van der Waals surface area contributed by atoms with Crippen LogP contribution in [0.25, 0.3) is 0 Å². The van der Waals surface area contributed by atoms with Crippen LogP contribution in [-0.4, -0.2) is 42.6 Å². The molecule has 1 saturated carbocycles. The summed E-state index contributed by atoms with van der Waals surface area (Å²) in [6.45, 7) is 1.43. The van der Waals surface area contributed by atoms with E-state index in [1.807, 2.05) is 4.90 Å². The lowest BCUT2D eigenvalue weighted by Gasteiger charge is -2.42. The molecule has 0 aromatic carbocycles. The Bertz CT molecular complexity index is 236. The van der Waals surface area contributed by atoms with Crippen LogP contribution in [0, 0.1) is 0 Å². The van der Waals surface area contributed by atoms with Gasteiger partial charge in [-0.1, -0.05) is 12.8 Å². The van der Waals surface area contributed by atoms with Crippen LogP contribution >= 0.6 is 0 Å². The summed E-state index contributed by atoms with van der Waals surface area (Å²) in [5.74, 6) is 0.0772. The number of rotatable bonds is 3. The van der Waals surface area contributed by atoms with Crippen molar-refractivity contribution in [3.8, 4) is 0 Å². The standard InChI is InChI=1S/C10H18N2O2/c1-14-10(4-2-3-5-10)7-12-6-8(11)9(12)13/h8H,2-7,11H2,1H3. The molecule has 2 rings (SSSR count). The molecule has 1 unspecified atom stereocenters. The number of nitrogens with zero attached hydrogens (tertiary/aromatic N) is 1. The second-order valence-corrected chi connectivity index (χ2v) is 4.42. The normalized spacial score (nSPS) is 30.6. The van der Waals surface area contributed by atoms with Gasteiger partial charge in [-0.05, 0) is 12.8 Å². The molecule has 80 valence electrons. The highest BCUT2D eigenvalue weighted by Gasteiger charge is 2.42. The first-order valence-electron chi connectivity index (χ1n) is 5.26. The van der Waals surface area contributed by atoms with E-state index >= 15 is 0 Å². The number of amides is 1. The third-order valence-corrected chi connectivity index (χ3v) is 3.47. The number of likely N-dealkylation sites (tertiary alicyclic amines) is 1. The van der Waals surface area contributed by atoms with E-state index < -0.39 is 0 Å². The first kappa shape index (κ1) is 9.93. The van der Waals surface area contributed by atoms with Crippen LogP contribution in [0.4, 0.5) is 0 Å². The minimum absolute atomic E-state index is 0.0736. The van der Waals surface area contributed by atoms with E-state index in [0.29, 0.717) is 6.54 Å². The SMILES string of the molecule is COC1(CN2CC(N)C2=O)CCCC1. The highest BCUT2D eigenvalue weighted by Crippen LogP contribution is 2.34. The zero-order valence-corrected chi connectivity index (χ0v) is 8.66. The van der Waals surface area contributed by atoms with E-state index in [2.05, 4.69) is 0 Å². The van der Waals surface area contributed by atoms with Crippen molar-refractivity contribution < 1.29 is 9.53 Å². The molecule has 2 aliphatic rings. The van der Waals surface area contributed by atoms with Crippen LogP contribution in [0.15, 0.2) is 0 Å². The van der Waals surface area contributed by atoms with E-state index in [0.717, 1.165) is 19.4 Å². The first-order chi connectivity index (χ1) is 6.67. The summed E-state index contributed by atoms with van der Waals surface area (Å²) in [4.78, 5) is 13.2. The van der Waals surface area contributed by atoms with Gasteiger partial charge in [0.15, 0.2) is 0 Å². The van der Waals surface area contributed by atoms with Gasteiger partial charge in [-0.2, -0.15) is 0 Å². The van der Waals surface area contributed by atoms with Crippen LogP contribution in [0.1, 0.15) is 25.7 Å². The molecule has 1 saturated heterocycles. The number of carbonyl (C=O) groups excluding carboxylic acids is 1. The van der Waals surface area contributed by atoms with Gasteiger partial charge in [0.1, 0.15) is 6.04 Å². The quantitative estimate of drug-likeness (QED) is 0.655. The molecular formula is C10H18N2O2. The molecule has 0 spiro atoms. The van der Waals surface area contributed by atoms with Gasteiger partial charge in [-0.25, -0.2) is 0 Å². The lowest BCUT2D eigenvalue weighted by molar-refractivity contribution is -0.148. The minimum Gasteiger partial charge on any atom is -0.376 e. The Morgan fingerprint density at radius 3 is 2.64 bits per heavy atom. The molecule has 1 aliphatic carbocycles. The molecule has 0 aromatic rings. The molecular weight excluding hydrogens is 180 g/mol. The van der Waals surface area contributed by atoms with Crippen molar-refractivity contribution in [2.24, 2.45) is 5.73 Å². The Balaban J connectivity index is 1.92. The van der Waals surface area contributed by atoms with Crippen molar-refractivity contribution in [1.29, 1.82) is 0 Å². The number of methoxy groups -OCH3 is 1. The van der Waals surface area contributed by atoms with Gasteiger partial charge in [0.05, 0.1) is 5.60 Å². The second-order valence-electron chi connectivity index (χ2n) is 4.42. The Labute approximate surface area is 84.4 Å². The smallest absolute Gasteiger partial charge is 0.241 e. The summed E-state index contributed by atoms with van der Waals surface area (Å²) in [5, 5.41) is 0. The molecule has 14 heavy (non-hydrogen) atoms. The molecule has 1 amide bonds. The summed E-state index contributed by atoms with van der Waals surface area (Å²) in [6, 6.07) is -0.259. The third kappa shape index (κ3) is 1.53. The molecule has 4 heteroatoms. The number of nitrogens with two attached hydrogens (primary N) is 1. The van der Waals surface area contributed by atoms with Gasteiger partial charge >= 0.3 is 0 Å². The molecule has 0 aromatic heterocycles. The highest BCUT2D eigenvalue weighted by molar-refractivity contribution is 5.87. The number of carbonyl (C=O) groups is 1. The Kier molecular flexibility index (Phi) is 2.49. The van der Waals surface area contributed by atoms with Crippen molar-refractivity contribution in [1.82, 2.24) is 4.90 Å². The van der Waals surface area contributed by atoms with Gasteiger partial charge in [0.2, 0.25) is 5.91 Å². The average molecular weight is 198 g/mol. The van der Waals surface area contributed by atoms with Crippen molar-refractivity contribution in [3.63, 3.8) is 0 Å². The fourth-order valence-corrected chi connectivity index (χ4v) is 2.46. The van der Waals surface area contributed by atoms with E-state index in [4.69, 9.17) is 10.5 Å². The number of ether oxygens (including phenoxy) is 1. The van der Waals surface area contributed by atoms with Crippen LogP contribution in [-0.2, 0) is 9.53 Å². The van der Waals surface area contributed by atoms with Gasteiger partial charge in [-0.3, -0.25) is 4.79 Å². The molecule has 1 atom stereocenters. The van der Waals surface area contributed by atoms with Crippen molar-refractivity contribution in [3.05, 3.63) is 0 Å². The summed E-state index contributed by atoms with van der Waals surface area (Å²) in [7, 11) is 1.75. The maximum Gasteiger partial charge on any atom is 0.241 e. The maximum atomic E-state index is 11.4. The predicted molar refractivity (Wildman–Crippen MR) is 52.8 cm³/mol. The van der Waals surface area contributed by atoms with Crippen molar-refractivity contribution in [2.75, 3.05) is 20.2 Å². The highest BCUT2D eigenvalue weighted by atomic mass is 16.5. The average Bonchev–Trinajstić information content (AvgIpc) is 2.66. The zero-order chi connectivity index (χ0) is 10.2. The lowest BCUT2D eigenvalue weighted by atomic mass is 9.98. The van der Waals surface area contributed by atoms with Crippen molar-refractivity contribution >= 4 is 5.91 Å². The minimum atomic E-state index is -0.259. The van der Waals surface area contributed by atoms with Crippen molar-refractivity contribution in [2.45, 2.75) is 37.3 Å². The van der Waals surface area contributed by atoms with Gasteiger partial charge < -0.3 is 15.4 Å². The summed E-state index contributed by atoms with van der Waals surface area (Å²) < 4.78 is 5.55. The third-order valence-electron chi connectivity index (χ3n) is 3.47. The maximum absolute atomic E-state index is 11.4. The number of hydrogen-bond donors (Lipinski definition) is 1. The molecule has 0 radical (unpaired) electrons. The van der Waals surface area contributed by atoms with Gasteiger partial charge in [-0.15, -0.1) is 0 Å². The van der Waals surface area contributed by atoms with E-state index in [9.17, 15) is 4.79 Å². The largest absolute Gasteiger partial charge is 0.376 e. The number of β-lactam (4-membered cyclic amide) rings is 1. The fraction of sp³-hybridized carbons (Fsp3) is 0.900. The summed E-state index contributed by atoms with van der Waals surface area (Å²) >= 11 is 0. The molecule has 1 heterocycles. The zero-order valence-electron chi connectivity index (χ0n) is 8.66. The lowest BCUT2D eigenvalue weighted by Crippen LogP contribution is -2.64. The molecule has 1 aliphatic heterocycles. The first-order valence-corrected chi connectivity index (χ1v) is 5.26. The second kappa shape index (κ2) is 3.51. The van der Waals surface area contributed by atoms with E-state index in [1.165, 1.54) is 12.8 Å². The van der Waals surface area contributed by atoms with Crippen LogP contribution in [0.2, 0.25) is 0 Å². The van der Waals surface area contributed by atoms with Crippen LogP contribution in [0.5, 0.6) is 0 Å².